The van der Waals surface area contributed by atoms with Gasteiger partial charge in [0.05, 0.1) is 0 Å². The summed E-state index contributed by atoms with van der Waals surface area (Å²) >= 11 is 0. The van der Waals surface area contributed by atoms with Gasteiger partial charge in [0.2, 0.25) is 5.89 Å². The van der Waals surface area contributed by atoms with Crippen LogP contribution in [-0.2, 0) is 6.42 Å². The van der Waals surface area contributed by atoms with Crippen molar-refractivity contribution in [2.45, 2.75) is 47.0 Å². The van der Waals surface area contributed by atoms with Gasteiger partial charge in [-0.3, -0.25) is 4.99 Å². The van der Waals surface area contributed by atoms with Crippen molar-refractivity contribution in [2.24, 2.45) is 10.9 Å². The lowest BCUT2D eigenvalue weighted by Gasteiger charge is -2.12. The first-order valence-corrected chi connectivity index (χ1v) is 7.43. The van der Waals surface area contributed by atoms with Gasteiger partial charge in [0.25, 0.3) is 0 Å². The third-order valence-electron chi connectivity index (χ3n) is 2.75. The monoisotopic (exact) mass is 281 g/mol. The van der Waals surface area contributed by atoms with Crippen molar-refractivity contribution >= 4 is 5.96 Å². The Balaban J connectivity index is 2.27. The zero-order chi connectivity index (χ0) is 14.8. The van der Waals surface area contributed by atoms with Gasteiger partial charge in [0, 0.05) is 26.1 Å². The molecule has 0 saturated heterocycles. The fourth-order valence-electron chi connectivity index (χ4n) is 1.68. The molecule has 0 aromatic carbocycles. The quantitative estimate of drug-likeness (QED) is 0.432. The van der Waals surface area contributed by atoms with Crippen molar-refractivity contribution in [1.82, 2.24) is 20.8 Å². The second kappa shape index (κ2) is 9.34. The van der Waals surface area contributed by atoms with Crippen molar-refractivity contribution in [2.75, 3.05) is 19.6 Å². The van der Waals surface area contributed by atoms with E-state index < -0.39 is 0 Å². The highest BCUT2D eigenvalue weighted by atomic mass is 16.5. The van der Waals surface area contributed by atoms with E-state index >= 15 is 0 Å². The molecular weight excluding hydrogens is 254 g/mol. The molecule has 1 rings (SSSR count). The fraction of sp³-hybridized carbons (Fsp3) is 0.786. The molecule has 0 radical (unpaired) electrons. The number of rotatable bonds is 8. The average molecular weight is 281 g/mol. The van der Waals surface area contributed by atoms with Crippen molar-refractivity contribution in [3.8, 4) is 0 Å². The smallest absolute Gasteiger partial charge is 0.226 e. The Morgan fingerprint density at radius 2 is 2.15 bits per heavy atom. The van der Waals surface area contributed by atoms with Crippen molar-refractivity contribution in [3.63, 3.8) is 0 Å². The lowest BCUT2D eigenvalue weighted by atomic mass is 10.1. The zero-order valence-corrected chi connectivity index (χ0v) is 13.1. The second-order valence-electron chi connectivity index (χ2n) is 5.21. The van der Waals surface area contributed by atoms with Crippen LogP contribution in [0, 0.1) is 12.8 Å². The first-order valence-electron chi connectivity index (χ1n) is 7.43. The van der Waals surface area contributed by atoms with Crippen LogP contribution in [0.3, 0.4) is 0 Å². The number of nitrogens with one attached hydrogen (secondary N) is 2. The van der Waals surface area contributed by atoms with Crippen LogP contribution in [-0.4, -0.2) is 35.7 Å². The first-order chi connectivity index (χ1) is 9.61. The molecule has 0 bridgehead atoms. The largest absolute Gasteiger partial charge is 0.357 e. The van der Waals surface area contributed by atoms with Gasteiger partial charge in [-0.1, -0.05) is 19.0 Å². The van der Waals surface area contributed by atoms with Crippen LogP contribution in [0.25, 0.3) is 0 Å². The minimum absolute atomic E-state index is 0.687. The van der Waals surface area contributed by atoms with Crippen molar-refractivity contribution in [1.29, 1.82) is 0 Å². The average Bonchev–Trinajstić information content (AvgIpc) is 2.80. The maximum atomic E-state index is 5.07. The predicted molar refractivity (Wildman–Crippen MR) is 80.8 cm³/mol. The van der Waals surface area contributed by atoms with Gasteiger partial charge in [0.15, 0.2) is 11.8 Å². The minimum atomic E-state index is 0.687. The number of nitrogens with zero attached hydrogens (tertiary/aromatic N) is 3. The molecule has 20 heavy (non-hydrogen) atoms. The summed E-state index contributed by atoms with van der Waals surface area (Å²) in [5.41, 5.74) is 0. The Morgan fingerprint density at radius 1 is 1.35 bits per heavy atom. The summed E-state index contributed by atoms with van der Waals surface area (Å²) in [5, 5.41) is 10.4. The van der Waals surface area contributed by atoms with Crippen LogP contribution in [0.5, 0.6) is 0 Å². The molecule has 1 heterocycles. The molecule has 0 fully saturated rings. The van der Waals surface area contributed by atoms with Gasteiger partial charge in [-0.2, -0.15) is 4.98 Å². The number of aliphatic imine (C=N–C) groups is 1. The summed E-state index contributed by atoms with van der Waals surface area (Å²) in [6, 6.07) is 0. The zero-order valence-electron chi connectivity index (χ0n) is 13.1. The molecule has 0 aliphatic carbocycles. The lowest BCUT2D eigenvalue weighted by molar-refractivity contribution is 0.372. The van der Waals surface area contributed by atoms with Crippen LogP contribution in [0.4, 0.5) is 0 Å². The van der Waals surface area contributed by atoms with Gasteiger partial charge >= 0.3 is 0 Å². The maximum Gasteiger partial charge on any atom is 0.226 e. The highest BCUT2D eigenvalue weighted by molar-refractivity contribution is 5.79. The van der Waals surface area contributed by atoms with E-state index in [4.69, 9.17) is 4.52 Å². The molecule has 6 nitrogen and oxygen atoms in total. The summed E-state index contributed by atoms with van der Waals surface area (Å²) in [7, 11) is 0. The van der Waals surface area contributed by atoms with Crippen LogP contribution >= 0.6 is 0 Å². The summed E-state index contributed by atoms with van der Waals surface area (Å²) in [5.74, 6) is 2.96. The first kappa shape index (κ1) is 16.5. The van der Waals surface area contributed by atoms with E-state index in [1.54, 1.807) is 0 Å². The van der Waals surface area contributed by atoms with E-state index in [-0.39, 0.29) is 0 Å². The Morgan fingerprint density at radius 3 is 2.75 bits per heavy atom. The molecule has 0 amide bonds. The molecule has 1 aromatic rings. The van der Waals surface area contributed by atoms with E-state index in [1.165, 1.54) is 0 Å². The topological polar surface area (TPSA) is 75.3 Å². The number of guanidine groups is 1. The highest BCUT2D eigenvalue weighted by Gasteiger charge is 2.02. The molecule has 0 atom stereocenters. The number of aromatic nitrogens is 2. The molecule has 6 heteroatoms. The molecule has 1 aromatic heterocycles. The van der Waals surface area contributed by atoms with Crippen LogP contribution in [0.15, 0.2) is 9.52 Å². The summed E-state index contributed by atoms with van der Waals surface area (Å²) in [4.78, 5) is 8.71. The van der Waals surface area contributed by atoms with Crippen LogP contribution in [0.1, 0.15) is 45.3 Å². The van der Waals surface area contributed by atoms with E-state index in [1.807, 2.05) is 6.92 Å². The molecular formula is C14H27N5O. The molecule has 2 N–H and O–H groups in total. The van der Waals surface area contributed by atoms with Gasteiger partial charge in [-0.05, 0) is 32.6 Å². The Kier molecular flexibility index (Phi) is 7.69. The summed E-state index contributed by atoms with van der Waals surface area (Å²) in [6.07, 6.45) is 2.82. The van der Waals surface area contributed by atoms with Gasteiger partial charge in [-0.25, -0.2) is 0 Å². The molecule has 0 unspecified atom stereocenters. The van der Waals surface area contributed by atoms with E-state index in [2.05, 4.69) is 46.5 Å². The number of hydrogen-bond donors (Lipinski definition) is 2. The fourth-order valence-corrected chi connectivity index (χ4v) is 1.68. The highest BCUT2D eigenvalue weighted by Crippen LogP contribution is 2.00. The number of aryl methyl sites for hydroxylation is 2. The molecule has 0 aliphatic rings. The molecule has 114 valence electrons. The van der Waals surface area contributed by atoms with E-state index in [0.29, 0.717) is 17.6 Å². The lowest BCUT2D eigenvalue weighted by Crippen LogP contribution is -2.38. The Labute approximate surface area is 121 Å². The van der Waals surface area contributed by atoms with Gasteiger partial charge < -0.3 is 15.2 Å². The van der Waals surface area contributed by atoms with Crippen LogP contribution < -0.4 is 10.6 Å². The van der Waals surface area contributed by atoms with Crippen LogP contribution in [0.2, 0.25) is 0 Å². The summed E-state index contributed by atoms with van der Waals surface area (Å²) in [6.45, 7) is 10.9. The molecule has 0 aliphatic heterocycles. The Hall–Kier alpha value is -1.59. The van der Waals surface area contributed by atoms with E-state index in [9.17, 15) is 0 Å². The maximum absolute atomic E-state index is 5.07. The standard InChI is InChI=1S/C14H27N5O/c1-5-15-14(17-10-8-11(2)3)16-9-6-7-13-18-12(4)19-20-13/h11H,5-10H2,1-4H3,(H2,15,16,17). The second-order valence-corrected chi connectivity index (χ2v) is 5.21. The Bertz CT molecular complexity index is 400. The summed E-state index contributed by atoms with van der Waals surface area (Å²) < 4.78 is 5.07. The molecule has 0 saturated carbocycles. The normalized spacial score (nSPS) is 11.9. The van der Waals surface area contributed by atoms with Crippen molar-refractivity contribution in [3.05, 3.63) is 11.7 Å². The third kappa shape index (κ3) is 7.11. The van der Waals surface area contributed by atoms with Gasteiger partial charge in [-0.15, -0.1) is 0 Å². The van der Waals surface area contributed by atoms with Gasteiger partial charge in [0.1, 0.15) is 0 Å². The van der Waals surface area contributed by atoms with Crippen molar-refractivity contribution < 1.29 is 4.52 Å². The minimum Gasteiger partial charge on any atom is -0.357 e. The third-order valence-corrected chi connectivity index (χ3v) is 2.75. The van der Waals surface area contributed by atoms with E-state index in [0.717, 1.165) is 44.9 Å². The predicted octanol–water partition coefficient (Wildman–Crippen LogP) is 1.91. The SMILES string of the molecule is CCNC(=NCCCc1nc(C)no1)NCCC(C)C. The number of hydrogen-bond acceptors (Lipinski definition) is 4. The molecule has 0 spiro atoms.